The molecule has 1 atom stereocenters. The number of nitrogens with zero attached hydrogens (tertiary/aromatic N) is 2. The van der Waals surface area contributed by atoms with Crippen LogP contribution in [-0.4, -0.2) is 30.2 Å². The number of nitriles is 1. The highest BCUT2D eigenvalue weighted by molar-refractivity contribution is 4.92. The summed E-state index contributed by atoms with van der Waals surface area (Å²) in [5.41, 5.74) is 0. The van der Waals surface area contributed by atoms with Gasteiger partial charge in [0.15, 0.2) is 5.92 Å². The molecule has 0 aromatic carbocycles. The van der Waals surface area contributed by atoms with E-state index in [2.05, 4.69) is 0 Å². The SMILES string of the molecule is CCN(CC(C#N)C(F)(F)F)C1CCCCC1. The predicted octanol–water partition coefficient (Wildman–Crippen LogP) is 3.34. The average molecular weight is 248 g/mol. The molecule has 0 radical (unpaired) electrons. The molecular weight excluding hydrogens is 229 g/mol. The maximum atomic E-state index is 12.5. The van der Waals surface area contributed by atoms with Gasteiger partial charge in [-0.05, 0) is 19.4 Å². The van der Waals surface area contributed by atoms with Crippen LogP contribution in [0.15, 0.2) is 0 Å². The smallest absolute Gasteiger partial charge is 0.299 e. The van der Waals surface area contributed by atoms with Crippen LogP contribution in [0.5, 0.6) is 0 Å². The normalized spacial score (nSPS) is 20.2. The summed E-state index contributed by atoms with van der Waals surface area (Å²) < 4.78 is 37.6. The molecule has 17 heavy (non-hydrogen) atoms. The minimum Gasteiger partial charge on any atom is -0.299 e. The average Bonchev–Trinajstić information content (AvgIpc) is 2.30. The molecule has 0 spiro atoms. The minimum atomic E-state index is -4.41. The molecule has 1 fully saturated rings. The van der Waals surface area contributed by atoms with Crippen LogP contribution < -0.4 is 0 Å². The van der Waals surface area contributed by atoms with Gasteiger partial charge in [-0.25, -0.2) is 0 Å². The van der Waals surface area contributed by atoms with Crippen LogP contribution in [0.25, 0.3) is 0 Å². The first-order chi connectivity index (χ1) is 7.99. The summed E-state index contributed by atoms with van der Waals surface area (Å²) in [5, 5.41) is 8.61. The van der Waals surface area contributed by atoms with Crippen molar-refractivity contribution in [1.29, 1.82) is 5.26 Å². The van der Waals surface area contributed by atoms with Crippen LogP contribution in [0, 0.1) is 17.2 Å². The van der Waals surface area contributed by atoms with Gasteiger partial charge in [0.1, 0.15) is 0 Å². The largest absolute Gasteiger partial charge is 0.405 e. The van der Waals surface area contributed by atoms with Crippen LogP contribution in [0.4, 0.5) is 13.2 Å². The molecule has 5 heteroatoms. The Morgan fingerprint density at radius 2 is 1.88 bits per heavy atom. The van der Waals surface area contributed by atoms with E-state index in [9.17, 15) is 13.2 Å². The first-order valence-corrected chi connectivity index (χ1v) is 6.19. The van der Waals surface area contributed by atoms with Gasteiger partial charge < -0.3 is 0 Å². The molecule has 1 rings (SSSR count). The third-order valence-corrected chi connectivity index (χ3v) is 3.47. The lowest BCUT2D eigenvalue weighted by Crippen LogP contribution is -2.42. The van der Waals surface area contributed by atoms with E-state index < -0.39 is 12.1 Å². The second-order valence-corrected chi connectivity index (χ2v) is 4.60. The second-order valence-electron chi connectivity index (χ2n) is 4.60. The Morgan fingerprint density at radius 3 is 2.29 bits per heavy atom. The van der Waals surface area contributed by atoms with Gasteiger partial charge in [0, 0.05) is 12.6 Å². The molecule has 1 aliphatic carbocycles. The molecule has 0 amide bonds. The highest BCUT2D eigenvalue weighted by Gasteiger charge is 2.41. The van der Waals surface area contributed by atoms with Crippen molar-refractivity contribution < 1.29 is 13.2 Å². The number of rotatable bonds is 4. The van der Waals surface area contributed by atoms with Gasteiger partial charge in [-0.3, -0.25) is 4.90 Å². The molecular formula is C12H19F3N2. The molecule has 0 bridgehead atoms. The number of hydrogen-bond acceptors (Lipinski definition) is 2. The van der Waals surface area contributed by atoms with E-state index in [-0.39, 0.29) is 12.6 Å². The number of alkyl halides is 3. The zero-order valence-electron chi connectivity index (χ0n) is 10.1. The molecule has 0 N–H and O–H groups in total. The molecule has 2 nitrogen and oxygen atoms in total. The van der Waals surface area contributed by atoms with Crippen molar-refractivity contribution in [3.63, 3.8) is 0 Å². The maximum Gasteiger partial charge on any atom is 0.405 e. The lowest BCUT2D eigenvalue weighted by Gasteiger charge is -2.34. The zero-order valence-corrected chi connectivity index (χ0v) is 10.1. The van der Waals surface area contributed by atoms with E-state index in [0.717, 1.165) is 25.7 Å². The molecule has 0 aliphatic heterocycles. The molecule has 1 unspecified atom stereocenters. The molecule has 0 aromatic heterocycles. The van der Waals surface area contributed by atoms with Crippen molar-refractivity contribution in [3.8, 4) is 6.07 Å². The van der Waals surface area contributed by atoms with E-state index in [1.807, 2.05) is 11.8 Å². The summed E-state index contributed by atoms with van der Waals surface area (Å²) in [7, 11) is 0. The Hall–Kier alpha value is -0.760. The Balaban J connectivity index is 2.58. The maximum absolute atomic E-state index is 12.5. The summed E-state index contributed by atoms with van der Waals surface area (Å²) in [6.07, 6.45) is 0.869. The fourth-order valence-corrected chi connectivity index (χ4v) is 2.43. The lowest BCUT2D eigenvalue weighted by atomic mass is 9.93. The first-order valence-electron chi connectivity index (χ1n) is 6.19. The Bertz CT molecular complexity index is 264. The monoisotopic (exact) mass is 248 g/mol. The highest BCUT2D eigenvalue weighted by Crippen LogP contribution is 2.29. The summed E-state index contributed by atoms with van der Waals surface area (Å²) in [6.45, 7) is 2.26. The molecule has 1 aliphatic rings. The van der Waals surface area contributed by atoms with Crippen LogP contribution in [0.2, 0.25) is 0 Å². The van der Waals surface area contributed by atoms with E-state index in [1.54, 1.807) is 0 Å². The van der Waals surface area contributed by atoms with E-state index in [0.29, 0.717) is 6.54 Å². The van der Waals surface area contributed by atoms with Crippen LogP contribution in [0.3, 0.4) is 0 Å². The van der Waals surface area contributed by atoms with Crippen LogP contribution in [-0.2, 0) is 0 Å². The summed E-state index contributed by atoms with van der Waals surface area (Å²) in [4.78, 5) is 1.82. The predicted molar refractivity (Wildman–Crippen MR) is 59.3 cm³/mol. The highest BCUT2D eigenvalue weighted by atomic mass is 19.4. The van der Waals surface area contributed by atoms with Crippen molar-refractivity contribution in [2.45, 2.75) is 51.2 Å². The molecule has 0 heterocycles. The Labute approximate surface area is 100 Å². The number of hydrogen-bond donors (Lipinski definition) is 0. The molecule has 1 saturated carbocycles. The van der Waals surface area contributed by atoms with Crippen LogP contribution >= 0.6 is 0 Å². The van der Waals surface area contributed by atoms with Gasteiger partial charge in [0.2, 0.25) is 0 Å². The molecule has 98 valence electrons. The summed E-state index contributed by atoms with van der Waals surface area (Å²) in [6, 6.07) is 1.61. The van der Waals surface area contributed by atoms with Crippen molar-refractivity contribution in [1.82, 2.24) is 4.90 Å². The van der Waals surface area contributed by atoms with E-state index >= 15 is 0 Å². The van der Waals surface area contributed by atoms with Gasteiger partial charge in [-0.15, -0.1) is 0 Å². The third-order valence-electron chi connectivity index (χ3n) is 3.47. The Morgan fingerprint density at radius 1 is 1.29 bits per heavy atom. The first kappa shape index (κ1) is 14.3. The second kappa shape index (κ2) is 6.25. The van der Waals surface area contributed by atoms with Gasteiger partial charge in [-0.2, -0.15) is 18.4 Å². The van der Waals surface area contributed by atoms with Crippen molar-refractivity contribution >= 4 is 0 Å². The fraction of sp³-hybridized carbons (Fsp3) is 0.917. The van der Waals surface area contributed by atoms with Crippen LogP contribution in [0.1, 0.15) is 39.0 Å². The van der Waals surface area contributed by atoms with E-state index in [1.165, 1.54) is 12.5 Å². The summed E-state index contributed by atoms with van der Waals surface area (Å²) in [5.74, 6) is -1.86. The standard InChI is InChI=1S/C12H19F3N2/c1-2-17(11-6-4-3-5-7-11)9-10(8-16)12(13,14)15/h10-11H,2-7,9H2,1H3. The van der Waals surface area contributed by atoms with Crippen molar-refractivity contribution in [2.75, 3.05) is 13.1 Å². The van der Waals surface area contributed by atoms with Gasteiger partial charge in [0.25, 0.3) is 0 Å². The van der Waals surface area contributed by atoms with Gasteiger partial charge in [-0.1, -0.05) is 26.2 Å². The zero-order chi connectivity index (χ0) is 12.9. The topological polar surface area (TPSA) is 27.0 Å². The minimum absolute atomic E-state index is 0.179. The quantitative estimate of drug-likeness (QED) is 0.763. The van der Waals surface area contributed by atoms with Crippen molar-refractivity contribution in [3.05, 3.63) is 0 Å². The Kier molecular flexibility index (Phi) is 5.26. The molecule has 0 aromatic rings. The van der Waals surface area contributed by atoms with Gasteiger partial charge >= 0.3 is 6.18 Å². The molecule has 0 saturated heterocycles. The lowest BCUT2D eigenvalue weighted by molar-refractivity contribution is -0.164. The van der Waals surface area contributed by atoms with Crippen molar-refractivity contribution in [2.24, 2.45) is 5.92 Å². The summed E-state index contributed by atoms with van der Waals surface area (Å²) >= 11 is 0. The number of halogens is 3. The third kappa shape index (κ3) is 4.19. The van der Waals surface area contributed by atoms with Gasteiger partial charge in [0.05, 0.1) is 6.07 Å². The van der Waals surface area contributed by atoms with E-state index in [4.69, 9.17) is 5.26 Å². The fourth-order valence-electron chi connectivity index (χ4n) is 2.43.